The number of methoxy groups -OCH3 is 2. The Bertz CT molecular complexity index is 1180. The van der Waals surface area contributed by atoms with E-state index in [1.807, 2.05) is 0 Å². The smallest absolute Gasteiger partial charge is 0.323 e. The molecule has 31 heavy (non-hydrogen) atoms. The molecule has 0 aliphatic rings. The van der Waals surface area contributed by atoms with Crippen molar-refractivity contribution < 1.29 is 22.7 Å². The van der Waals surface area contributed by atoms with Crippen LogP contribution in [-0.2, 0) is 10.0 Å². The molecule has 162 valence electrons. The second kappa shape index (κ2) is 9.59. The first-order valence-corrected chi connectivity index (χ1v) is 10.9. The average molecular weight is 462 g/mol. The fourth-order valence-corrected chi connectivity index (χ4v) is 3.93. The maximum atomic E-state index is 12.8. The summed E-state index contributed by atoms with van der Waals surface area (Å²) in [4.78, 5) is 12.1. The van der Waals surface area contributed by atoms with Crippen LogP contribution in [0.1, 0.15) is 0 Å². The van der Waals surface area contributed by atoms with Crippen molar-refractivity contribution in [2.45, 2.75) is 4.90 Å². The van der Waals surface area contributed by atoms with Crippen molar-refractivity contribution in [3.8, 4) is 11.5 Å². The molecule has 8 nitrogen and oxygen atoms in total. The van der Waals surface area contributed by atoms with Gasteiger partial charge in [0.25, 0.3) is 10.0 Å². The number of hydrogen-bond acceptors (Lipinski definition) is 5. The Kier molecular flexibility index (Phi) is 6.88. The van der Waals surface area contributed by atoms with Crippen LogP contribution in [-0.4, -0.2) is 28.7 Å². The number of amides is 2. The van der Waals surface area contributed by atoms with Crippen molar-refractivity contribution in [1.82, 2.24) is 0 Å². The van der Waals surface area contributed by atoms with E-state index >= 15 is 0 Å². The lowest BCUT2D eigenvalue weighted by atomic mass is 10.3. The third-order valence-corrected chi connectivity index (χ3v) is 5.77. The minimum Gasteiger partial charge on any atom is -0.497 e. The van der Waals surface area contributed by atoms with Gasteiger partial charge in [0.15, 0.2) is 0 Å². The Hall–Kier alpha value is -3.43. The van der Waals surface area contributed by atoms with Crippen molar-refractivity contribution in [2.75, 3.05) is 29.6 Å². The van der Waals surface area contributed by atoms with Gasteiger partial charge in [0, 0.05) is 22.5 Å². The number of benzene rings is 3. The largest absolute Gasteiger partial charge is 0.497 e. The van der Waals surface area contributed by atoms with Gasteiger partial charge in [0.05, 0.1) is 24.8 Å². The number of carbonyl (C=O) groups is 1. The number of nitrogens with one attached hydrogen (secondary N) is 3. The van der Waals surface area contributed by atoms with Gasteiger partial charge >= 0.3 is 6.03 Å². The van der Waals surface area contributed by atoms with E-state index in [1.54, 1.807) is 36.4 Å². The zero-order chi connectivity index (χ0) is 22.4. The topological polar surface area (TPSA) is 106 Å². The molecule has 0 heterocycles. The van der Waals surface area contributed by atoms with Crippen LogP contribution in [0, 0.1) is 0 Å². The summed E-state index contributed by atoms with van der Waals surface area (Å²) in [6, 6.07) is 16.7. The number of hydrogen-bond donors (Lipinski definition) is 3. The summed E-state index contributed by atoms with van der Waals surface area (Å²) >= 11 is 5.89. The number of sulfonamides is 1. The fourth-order valence-electron chi connectivity index (χ4n) is 2.67. The molecule has 0 spiro atoms. The molecule has 0 saturated heterocycles. The second-order valence-corrected chi connectivity index (χ2v) is 8.40. The number of urea groups is 1. The van der Waals surface area contributed by atoms with Gasteiger partial charge in [-0.15, -0.1) is 0 Å². The van der Waals surface area contributed by atoms with E-state index in [2.05, 4.69) is 15.4 Å². The second-order valence-electron chi connectivity index (χ2n) is 6.29. The van der Waals surface area contributed by atoms with Crippen LogP contribution >= 0.6 is 11.6 Å². The first-order valence-electron chi connectivity index (χ1n) is 8.99. The molecule has 3 N–H and O–H groups in total. The maximum absolute atomic E-state index is 12.8. The quantitative estimate of drug-likeness (QED) is 0.468. The highest BCUT2D eigenvalue weighted by Crippen LogP contribution is 2.31. The summed E-state index contributed by atoms with van der Waals surface area (Å²) in [6.07, 6.45) is 0. The fraction of sp³-hybridized carbons (Fsp3) is 0.0952. The Morgan fingerprint density at radius 1 is 0.871 bits per heavy atom. The van der Waals surface area contributed by atoms with Gasteiger partial charge in [-0.05, 0) is 54.6 Å². The number of carbonyl (C=O) groups excluding carboxylic acids is 1. The highest BCUT2D eigenvalue weighted by Gasteiger charge is 2.17. The number of anilines is 3. The van der Waals surface area contributed by atoms with E-state index in [-0.39, 0.29) is 10.6 Å². The van der Waals surface area contributed by atoms with Crippen LogP contribution in [0.3, 0.4) is 0 Å². The molecule has 0 aromatic heterocycles. The molecule has 0 aliphatic heterocycles. The Morgan fingerprint density at radius 2 is 1.58 bits per heavy atom. The van der Waals surface area contributed by atoms with Gasteiger partial charge in [-0.2, -0.15) is 0 Å². The number of halogens is 1. The van der Waals surface area contributed by atoms with Crippen LogP contribution in [0.4, 0.5) is 21.9 Å². The van der Waals surface area contributed by atoms with Crippen molar-refractivity contribution in [3.05, 3.63) is 71.8 Å². The molecule has 0 bridgehead atoms. The summed E-state index contributed by atoms with van der Waals surface area (Å²) in [5, 5.41) is 5.76. The monoisotopic (exact) mass is 461 g/mol. The zero-order valence-corrected chi connectivity index (χ0v) is 18.3. The van der Waals surface area contributed by atoms with Gasteiger partial charge in [0.2, 0.25) is 0 Å². The van der Waals surface area contributed by atoms with Gasteiger partial charge in [0.1, 0.15) is 11.5 Å². The molecule has 0 saturated carbocycles. The molecular weight excluding hydrogens is 442 g/mol. The van der Waals surface area contributed by atoms with Crippen molar-refractivity contribution in [2.24, 2.45) is 0 Å². The van der Waals surface area contributed by atoms with E-state index in [4.69, 9.17) is 21.1 Å². The highest BCUT2D eigenvalue weighted by atomic mass is 35.5. The summed E-state index contributed by atoms with van der Waals surface area (Å²) < 4.78 is 38.3. The Labute approximate surface area is 185 Å². The molecule has 0 unspecified atom stereocenters. The van der Waals surface area contributed by atoms with E-state index in [0.717, 1.165) is 0 Å². The highest BCUT2D eigenvalue weighted by molar-refractivity contribution is 7.92. The minimum atomic E-state index is -3.90. The first-order chi connectivity index (χ1) is 14.8. The van der Waals surface area contributed by atoms with E-state index in [1.165, 1.54) is 44.6 Å². The van der Waals surface area contributed by atoms with Gasteiger partial charge in [-0.3, -0.25) is 4.72 Å². The van der Waals surface area contributed by atoms with Crippen molar-refractivity contribution in [1.29, 1.82) is 0 Å². The molecule has 0 aliphatic carbocycles. The number of rotatable bonds is 7. The molecule has 0 radical (unpaired) electrons. The lowest BCUT2D eigenvalue weighted by Gasteiger charge is -2.13. The van der Waals surface area contributed by atoms with E-state index in [0.29, 0.717) is 27.9 Å². The van der Waals surface area contributed by atoms with Crippen LogP contribution < -0.4 is 24.8 Å². The Balaban J connectivity index is 1.71. The van der Waals surface area contributed by atoms with E-state index in [9.17, 15) is 13.2 Å². The predicted octanol–water partition coefficient (Wildman–Crippen LogP) is 4.80. The molecule has 2 amide bonds. The summed E-state index contributed by atoms with van der Waals surface area (Å²) in [7, 11) is -0.978. The molecule has 3 aromatic rings. The van der Waals surface area contributed by atoms with Gasteiger partial charge < -0.3 is 20.1 Å². The third kappa shape index (κ3) is 5.80. The van der Waals surface area contributed by atoms with Crippen molar-refractivity contribution in [3.63, 3.8) is 0 Å². The SMILES string of the molecule is COc1ccc(OC)c(NS(=O)(=O)c2ccc(NC(=O)Nc3cccc(Cl)c3)cc2)c1. The summed E-state index contributed by atoms with van der Waals surface area (Å²) in [5.74, 6) is 0.823. The first kappa shape index (κ1) is 22.3. The zero-order valence-electron chi connectivity index (χ0n) is 16.7. The van der Waals surface area contributed by atoms with Crippen LogP contribution in [0.25, 0.3) is 0 Å². The molecule has 0 atom stereocenters. The van der Waals surface area contributed by atoms with Gasteiger partial charge in [-0.25, -0.2) is 13.2 Å². The predicted molar refractivity (Wildman–Crippen MR) is 121 cm³/mol. The Morgan fingerprint density at radius 3 is 2.23 bits per heavy atom. The van der Waals surface area contributed by atoms with Crippen LogP contribution in [0.2, 0.25) is 5.02 Å². The lowest BCUT2D eigenvalue weighted by Crippen LogP contribution is -2.19. The summed E-state index contributed by atoms with van der Waals surface area (Å²) in [5.41, 5.74) is 1.18. The number of ether oxygens (including phenoxy) is 2. The normalized spacial score (nSPS) is 10.8. The van der Waals surface area contributed by atoms with Crippen LogP contribution in [0.15, 0.2) is 71.6 Å². The lowest BCUT2D eigenvalue weighted by molar-refractivity contribution is 0.262. The van der Waals surface area contributed by atoms with E-state index < -0.39 is 16.1 Å². The average Bonchev–Trinajstić information content (AvgIpc) is 2.73. The summed E-state index contributed by atoms with van der Waals surface area (Å²) in [6.45, 7) is 0. The standard InChI is InChI=1S/C21H20ClN3O5S/c1-29-17-8-11-20(30-2)19(13-17)25-31(27,28)18-9-6-15(7-10-18)23-21(26)24-16-5-3-4-14(22)12-16/h3-13,25H,1-2H3,(H2,23,24,26). The molecular formula is C21H20ClN3O5S. The van der Waals surface area contributed by atoms with Crippen LogP contribution in [0.5, 0.6) is 11.5 Å². The molecule has 3 aromatic carbocycles. The van der Waals surface area contributed by atoms with Crippen molar-refractivity contribution >= 4 is 44.7 Å². The van der Waals surface area contributed by atoms with Gasteiger partial charge in [-0.1, -0.05) is 17.7 Å². The minimum absolute atomic E-state index is 0.0122. The third-order valence-electron chi connectivity index (χ3n) is 4.16. The molecule has 3 rings (SSSR count). The molecule has 0 fully saturated rings. The maximum Gasteiger partial charge on any atom is 0.323 e. The molecule has 10 heteroatoms.